The van der Waals surface area contributed by atoms with Crippen molar-refractivity contribution >= 4 is 6.09 Å². The van der Waals surface area contributed by atoms with Gasteiger partial charge in [0.1, 0.15) is 5.60 Å². The first-order chi connectivity index (χ1) is 10.3. The van der Waals surface area contributed by atoms with Gasteiger partial charge < -0.3 is 19.7 Å². The number of carbonyl (C=O) groups excluding carboxylic acids is 1. The van der Waals surface area contributed by atoms with Crippen LogP contribution in [-0.4, -0.2) is 54.5 Å². The van der Waals surface area contributed by atoms with E-state index >= 15 is 0 Å². The highest BCUT2D eigenvalue weighted by molar-refractivity contribution is 5.68. The van der Waals surface area contributed by atoms with Crippen molar-refractivity contribution in [1.29, 1.82) is 0 Å². The van der Waals surface area contributed by atoms with Crippen molar-refractivity contribution < 1.29 is 14.3 Å². The number of hydrogen-bond acceptors (Lipinski definition) is 4. The van der Waals surface area contributed by atoms with Crippen molar-refractivity contribution in [3.8, 4) is 0 Å². The molecule has 1 amide bonds. The first-order valence-electron chi connectivity index (χ1n) is 8.61. The highest BCUT2D eigenvalue weighted by Crippen LogP contribution is 2.23. The molecule has 0 bridgehead atoms. The van der Waals surface area contributed by atoms with Gasteiger partial charge in [0.2, 0.25) is 0 Å². The van der Waals surface area contributed by atoms with E-state index in [2.05, 4.69) is 19.2 Å². The molecule has 4 unspecified atom stereocenters. The highest BCUT2D eigenvalue weighted by Gasteiger charge is 2.35. The molecule has 2 aliphatic rings. The minimum absolute atomic E-state index is 0.161. The van der Waals surface area contributed by atoms with Crippen molar-refractivity contribution in [3.63, 3.8) is 0 Å². The first-order valence-corrected chi connectivity index (χ1v) is 8.61. The summed E-state index contributed by atoms with van der Waals surface area (Å²) in [4.78, 5) is 14.2. The molecule has 0 aliphatic carbocycles. The molecule has 5 heteroatoms. The normalized spacial score (nSPS) is 31.1. The molecular formula is C17H32N2O3. The molecule has 1 N–H and O–H groups in total. The fourth-order valence-corrected chi connectivity index (χ4v) is 3.37. The zero-order valence-corrected chi connectivity index (χ0v) is 14.7. The number of hydrogen-bond donors (Lipinski definition) is 1. The average molecular weight is 312 g/mol. The van der Waals surface area contributed by atoms with Gasteiger partial charge in [-0.25, -0.2) is 4.79 Å². The van der Waals surface area contributed by atoms with E-state index < -0.39 is 5.60 Å². The molecule has 0 aromatic carbocycles. The summed E-state index contributed by atoms with van der Waals surface area (Å²) >= 11 is 0. The number of rotatable bonds is 3. The second kappa shape index (κ2) is 7.18. The fourth-order valence-electron chi connectivity index (χ4n) is 3.37. The van der Waals surface area contributed by atoms with Gasteiger partial charge in [0.25, 0.3) is 0 Å². The van der Waals surface area contributed by atoms with E-state index in [0.717, 1.165) is 39.0 Å². The quantitative estimate of drug-likeness (QED) is 0.870. The van der Waals surface area contributed by atoms with Crippen LogP contribution < -0.4 is 5.32 Å². The van der Waals surface area contributed by atoms with Gasteiger partial charge in [-0.2, -0.15) is 0 Å². The molecule has 0 spiro atoms. The smallest absolute Gasteiger partial charge is 0.410 e. The minimum atomic E-state index is -0.439. The average Bonchev–Trinajstić information content (AvgIpc) is 2.93. The maximum atomic E-state index is 12.4. The number of likely N-dealkylation sites (tertiary alicyclic amines) is 1. The standard InChI is InChI=1S/C17H32N2O3/c1-12(14-8-10-21-11-14)18-15-7-6-9-19(13(15)2)16(20)22-17(3,4)5/h12-15,18H,6-11H2,1-5H3. The third-order valence-corrected chi connectivity index (χ3v) is 4.77. The molecule has 2 saturated heterocycles. The maximum Gasteiger partial charge on any atom is 0.410 e. The van der Waals surface area contributed by atoms with Gasteiger partial charge in [-0.15, -0.1) is 0 Å². The zero-order chi connectivity index (χ0) is 16.3. The summed E-state index contributed by atoms with van der Waals surface area (Å²) in [5.41, 5.74) is -0.439. The Morgan fingerprint density at radius 1 is 1.36 bits per heavy atom. The molecule has 2 rings (SSSR count). The lowest BCUT2D eigenvalue weighted by Gasteiger charge is -2.41. The van der Waals surface area contributed by atoms with Crippen molar-refractivity contribution in [3.05, 3.63) is 0 Å². The molecule has 2 heterocycles. The van der Waals surface area contributed by atoms with Crippen LogP contribution in [0.4, 0.5) is 4.79 Å². The molecule has 2 fully saturated rings. The largest absolute Gasteiger partial charge is 0.444 e. The summed E-state index contributed by atoms with van der Waals surface area (Å²) < 4.78 is 11.0. The lowest BCUT2D eigenvalue weighted by molar-refractivity contribution is 0.00587. The fraction of sp³-hybridized carbons (Fsp3) is 0.941. The summed E-state index contributed by atoms with van der Waals surface area (Å²) in [6.07, 6.45) is 3.07. The zero-order valence-electron chi connectivity index (χ0n) is 14.7. The Bertz CT molecular complexity index is 375. The maximum absolute atomic E-state index is 12.4. The molecule has 22 heavy (non-hydrogen) atoms. The lowest BCUT2D eigenvalue weighted by Crippen LogP contribution is -2.57. The molecular weight excluding hydrogens is 280 g/mol. The number of ether oxygens (including phenoxy) is 2. The highest BCUT2D eigenvalue weighted by atomic mass is 16.6. The van der Waals surface area contributed by atoms with E-state index in [1.165, 1.54) is 0 Å². The molecule has 128 valence electrons. The Balaban J connectivity index is 1.91. The Hall–Kier alpha value is -0.810. The Morgan fingerprint density at radius 2 is 2.09 bits per heavy atom. The van der Waals surface area contributed by atoms with Crippen LogP contribution in [0.25, 0.3) is 0 Å². The van der Waals surface area contributed by atoms with E-state index in [1.54, 1.807) is 0 Å². The molecule has 4 atom stereocenters. The van der Waals surface area contributed by atoms with E-state index in [4.69, 9.17) is 9.47 Å². The van der Waals surface area contributed by atoms with Crippen LogP contribution >= 0.6 is 0 Å². The van der Waals surface area contributed by atoms with Crippen LogP contribution in [0.3, 0.4) is 0 Å². The van der Waals surface area contributed by atoms with Gasteiger partial charge in [0.05, 0.1) is 6.61 Å². The van der Waals surface area contributed by atoms with Crippen LogP contribution in [0, 0.1) is 5.92 Å². The number of amides is 1. The van der Waals surface area contributed by atoms with Crippen molar-refractivity contribution in [2.75, 3.05) is 19.8 Å². The van der Waals surface area contributed by atoms with Gasteiger partial charge in [0.15, 0.2) is 0 Å². The molecule has 2 aliphatic heterocycles. The SMILES string of the molecule is CC(NC1CCCN(C(=O)OC(C)(C)C)C1C)C1CCOC1. The third-order valence-electron chi connectivity index (χ3n) is 4.77. The summed E-state index contributed by atoms with van der Waals surface area (Å²) in [7, 11) is 0. The Morgan fingerprint density at radius 3 is 2.68 bits per heavy atom. The van der Waals surface area contributed by atoms with E-state index in [0.29, 0.717) is 18.0 Å². The minimum Gasteiger partial charge on any atom is -0.444 e. The van der Waals surface area contributed by atoms with Crippen LogP contribution in [0.5, 0.6) is 0 Å². The van der Waals surface area contributed by atoms with Crippen LogP contribution in [0.2, 0.25) is 0 Å². The molecule has 0 aromatic rings. The molecule has 0 radical (unpaired) electrons. The van der Waals surface area contributed by atoms with Crippen molar-refractivity contribution in [1.82, 2.24) is 10.2 Å². The number of nitrogens with zero attached hydrogens (tertiary/aromatic N) is 1. The predicted octanol–water partition coefficient (Wildman–Crippen LogP) is 2.79. The van der Waals surface area contributed by atoms with E-state index in [9.17, 15) is 4.79 Å². The summed E-state index contributed by atoms with van der Waals surface area (Å²) in [5, 5.41) is 3.73. The second-order valence-corrected chi connectivity index (χ2v) is 7.74. The molecule has 0 saturated carbocycles. The Labute approximate surface area is 134 Å². The summed E-state index contributed by atoms with van der Waals surface area (Å²) in [5.74, 6) is 0.587. The van der Waals surface area contributed by atoms with E-state index in [-0.39, 0.29) is 12.1 Å². The van der Waals surface area contributed by atoms with Crippen molar-refractivity contribution in [2.24, 2.45) is 5.92 Å². The lowest BCUT2D eigenvalue weighted by atomic mass is 9.94. The predicted molar refractivity (Wildman–Crippen MR) is 86.9 cm³/mol. The number of carbonyl (C=O) groups is 1. The first kappa shape index (κ1) is 17.5. The number of piperidine rings is 1. The van der Waals surface area contributed by atoms with Crippen molar-refractivity contribution in [2.45, 2.75) is 77.6 Å². The summed E-state index contributed by atoms with van der Waals surface area (Å²) in [6, 6.07) is 0.916. The third kappa shape index (κ3) is 4.59. The molecule has 0 aromatic heterocycles. The Kier molecular flexibility index (Phi) is 5.72. The van der Waals surface area contributed by atoms with Gasteiger partial charge in [-0.1, -0.05) is 0 Å². The topological polar surface area (TPSA) is 50.8 Å². The van der Waals surface area contributed by atoms with Crippen LogP contribution in [-0.2, 0) is 9.47 Å². The number of nitrogens with one attached hydrogen (secondary N) is 1. The van der Waals surface area contributed by atoms with Crippen LogP contribution in [0.15, 0.2) is 0 Å². The second-order valence-electron chi connectivity index (χ2n) is 7.74. The van der Waals surface area contributed by atoms with Gasteiger partial charge >= 0.3 is 6.09 Å². The van der Waals surface area contributed by atoms with E-state index in [1.807, 2.05) is 25.7 Å². The monoisotopic (exact) mass is 312 g/mol. The van der Waals surface area contributed by atoms with Crippen LogP contribution in [0.1, 0.15) is 53.9 Å². The molecule has 5 nitrogen and oxygen atoms in total. The van der Waals surface area contributed by atoms with Gasteiger partial charge in [-0.05, 0) is 59.8 Å². The van der Waals surface area contributed by atoms with Gasteiger partial charge in [-0.3, -0.25) is 0 Å². The summed E-state index contributed by atoms with van der Waals surface area (Å²) in [6.45, 7) is 12.6. The van der Waals surface area contributed by atoms with Gasteiger partial charge in [0, 0.05) is 31.3 Å².